The van der Waals surface area contributed by atoms with Gasteiger partial charge in [0, 0.05) is 13.7 Å². The van der Waals surface area contributed by atoms with Crippen LogP contribution < -0.4 is 5.32 Å². The number of carbonyl (C=O) groups excluding carboxylic acids is 1. The van der Waals surface area contributed by atoms with Crippen molar-refractivity contribution in [1.82, 2.24) is 9.97 Å². The SMILES string of the molecule is COCCNc1cnc(C(=O)OC)cn1. The highest BCUT2D eigenvalue weighted by molar-refractivity contribution is 5.86. The lowest BCUT2D eigenvalue weighted by molar-refractivity contribution is 0.0593. The number of methoxy groups -OCH3 is 2. The normalized spacial score (nSPS) is 9.73. The lowest BCUT2D eigenvalue weighted by atomic mass is 10.4. The van der Waals surface area contributed by atoms with Gasteiger partial charge in [-0.15, -0.1) is 0 Å². The van der Waals surface area contributed by atoms with E-state index in [1.54, 1.807) is 7.11 Å². The summed E-state index contributed by atoms with van der Waals surface area (Å²) < 4.78 is 9.35. The maximum absolute atomic E-state index is 11.0. The molecule has 0 fully saturated rings. The Morgan fingerprint density at radius 1 is 1.40 bits per heavy atom. The average Bonchev–Trinajstić information content (AvgIpc) is 2.29. The zero-order valence-electron chi connectivity index (χ0n) is 8.69. The first kappa shape index (κ1) is 11.4. The van der Waals surface area contributed by atoms with E-state index in [1.807, 2.05) is 0 Å². The number of rotatable bonds is 5. The summed E-state index contributed by atoms with van der Waals surface area (Å²) in [6.45, 7) is 1.23. The molecule has 0 saturated heterocycles. The maximum atomic E-state index is 11.0. The average molecular weight is 211 g/mol. The summed E-state index contributed by atoms with van der Waals surface area (Å²) in [7, 11) is 2.92. The molecule has 15 heavy (non-hydrogen) atoms. The van der Waals surface area contributed by atoms with Crippen LogP contribution in [0.4, 0.5) is 5.82 Å². The first-order valence-corrected chi connectivity index (χ1v) is 4.41. The van der Waals surface area contributed by atoms with Crippen LogP contribution in [0.15, 0.2) is 12.4 Å². The van der Waals surface area contributed by atoms with E-state index < -0.39 is 5.97 Å². The van der Waals surface area contributed by atoms with E-state index in [2.05, 4.69) is 20.0 Å². The minimum Gasteiger partial charge on any atom is -0.464 e. The Kier molecular flexibility index (Phi) is 4.49. The highest BCUT2D eigenvalue weighted by Crippen LogP contribution is 2.01. The molecule has 0 saturated carbocycles. The van der Waals surface area contributed by atoms with Crippen molar-refractivity contribution in [1.29, 1.82) is 0 Å². The van der Waals surface area contributed by atoms with Crippen molar-refractivity contribution < 1.29 is 14.3 Å². The summed E-state index contributed by atoms with van der Waals surface area (Å²) in [5.41, 5.74) is 0.190. The molecule has 6 heteroatoms. The van der Waals surface area contributed by atoms with Crippen molar-refractivity contribution in [2.75, 3.05) is 32.7 Å². The number of hydrogen-bond donors (Lipinski definition) is 1. The van der Waals surface area contributed by atoms with Crippen molar-refractivity contribution >= 4 is 11.8 Å². The third kappa shape index (κ3) is 3.51. The third-order valence-electron chi connectivity index (χ3n) is 1.66. The monoisotopic (exact) mass is 211 g/mol. The molecule has 1 aromatic heterocycles. The van der Waals surface area contributed by atoms with Crippen LogP contribution in [0.2, 0.25) is 0 Å². The first-order valence-electron chi connectivity index (χ1n) is 4.41. The van der Waals surface area contributed by atoms with E-state index in [0.29, 0.717) is 19.0 Å². The number of carbonyl (C=O) groups is 1. The second-order valence-electron chi connectivity index (χ2n) is 2.70. The van der Waals surface area contributed by atoms with Gasteiger partial charge in [-0.1, -0.05) is 0 Å². The predicted octanol–water partition coefficient (Wildman–Crippen LogP) is 0.321. The van der Waals surface area contributed by atoms with Crippen molar-refractivity contribution in [3.8, 4) is 0 Å². The summed E-state index contributed by atoms with van der Waals surface area (Å²) in [6, 6.07) is 0. The second kappa shape index (κ2) is 5.92. The molecule has 0 aliphatic carbocycles. The Bertz CT molecular complexity index is 313. The quantitative estimate of drug-likeness (QED) is 0.558. The van der Waals surface area contributed by atoms with Crippen LogP contribution in [0.5, 0.6) is 0 Å². The van der Waals surface area contributed by atoms with Gasteiger partial charge >= 0.3 is 5.97 Å². The number of anilines is 1. The molecule has 82 valence electrons. The standard InChI is InChI=1S/C9H13N3O3/c1-14-4-3-10-8-6-11-7(5-12-8)9(13)15-2/h5-6H,3-4H2,1-2H3,(H,10,12). The van der Waals surface area contributed by atoms with Crippen molar-refractivity contribution in [3.05, 3.63) is 18.1 Å². The fourth-order valence-electron chi connectivity index (χ4n) is 0.910. The van der Waals surface area contributed by atoms with Crippen LogP contribution in [-0.2, 0) is 9.47 Å². The van der Waals surface area contributed by atoms with Crippen LogP contribution >= 0.6 is 0 Å². The van der Waals surface area contributed by atoms with Crippen LogP contribution in [0, 0.1) is 0 Å². The number of esters is 1. The topological polar surface area (TPSA) is 73.3 Å². The summed E-state index contributed by atoms with van der Waals surface area (Å²) in [5, 5.41) is 2.98. The minimum atomic E-state index is -0.494. The Balaban J connectivity index is 2.52. The molecular formula is C9H13N3O3. The number of nitrogens with zero attached hydrogens (tertiary/aromatic N) is 2. The number of nitrogens with one attached hydrogen (secondary N) is 1. The van der Waals surface area contributed by atoms with Gasteiger partial charge in [0.2, 0.25) is 0 Å². The Hall–Kier alpha value is -1.69. The Morgan fingerprint density at radius 2 is 2.20 bits per heavy atom. The molecule has 1 N–H and O–H groups in total. The zero-order chi connectivity index (χ0) is 11.1. The van der Waals surface area contributed by atoms with Gasteiger partial charge in [0.1, 0.15) is 5.82 Å². The molecule has 1 heterocycles. The molecule has 1 rings (SSSR count). The molecule has 0 atom stereocenters. The van der Waals surface area contributed by atoms with Crippen LogP contribution in [0.25, 0.3) is 0 Å². The van der Waals surface area contributed by atoms with E-state index in [0.717, 1.165) is 0 Å². The molecule has 0 aliphatic rings. The molecule has 6 nitrogen and oxygen atoms in total. The van der Waals surface area contributed by atoms with Gasteiger partial charge in [0.25, 0.3) is 0 Å². The van der Waals surface area contributed by atoms with E-state index >= 15 is 0 Å². The fraction of sp³-hybridized carbons (Fsp3) is 0.444. The summed E-state index contributed by atoms with van der Waals surface area (Å²) in [5.74, 6) is 0.102. The molecule has 0 spiro atoms. The van der Waals surface area contributed by atoms with Gasteiger partial charge in [0.15, 0.2) is 5.69 Å². The molecule has 1 aromatic rings. The van der Waals surface area contributed by atoms with E-state index in [-0.39, 0.29) is 5.69 Å². The first-order chi connectivity index (χ1) is 7.27. The molecule has 0 bridgehead atoms. The Morgan fingerprint density at radius 3 is 2.73 bits per heavy atom. The fourth-order valence-corrected chi connectivity index (χ4v) is 0.910. The highest BCUT2D eigenvalue weighted by Gasteiger charge is 2.06. The van der Waals surface area contributed by atoms with Crippen molar-refractivity contribution in [2.24, 2.45) is 0 Å². The smallest absolute Gasteiger partial charge is 0.358 e. The maximum Gasteiger partial charge on any atom is 0.358 e. The molecule has 0 amide bonds. The van der Waals surface area contributed by atoms with Crippen LogP contribution in [0.1, 0.15) is 10.5 Å². The molecule has 0 unspecified atom stereocenters. The minimum absolute atomic E-state index is 0.190. The van der Waals surface area contributed by atoms with Gasteiger partial charge in [0.05, 0.1) is 26.1 Å². The largest absolute Gasteiger partial charge is 0.464 e. The summed E-state index contributed by atoms with van der Waals surface area (Å²) in [6.07, 6.45) is 2.84. The van der Waals surface area contributed by atoms with E-state index in [1.165, 1.54) is 19.5 Å². The molecule has 0 aliphatic heterocycles. The van der Waals surface area contributed by atoms with Crippen molar-refractivity contribution in [3.63, 3.8) is 0 Å². The third-order valence-corrected chi connectivity index (χ3v) is 1.66. The summed E-state index contributed by atoms with van der Waals surface area (Å²) in [4.78, 5) is 18.9. The second-order valence-corrected chi connectivity index (χ2v) is 2.70. The number of hydrogen-bond acceptors (Lipinski definition) is 6. The number of ether oxygens (including phenoxy) is 2. The molecule has 0 aromatic carbocycles. The van der Waals surface area contributed by atoms with Crippen LogP contribution in [0.3, 0.4) is 0 Å². The van der Waals surface area contributed by atoms with Gasteiger partial charge in [-0.3, -0.25) is 0 Å². The predicted molar refractivity (Wildman–Crippen MR) is 53.7 cm³/mol. The highest BCUT2D eigenvalue weighted by atomic mass is 16.5. The Labute approximate surface area is 87.6 Å². The van der Waals surface area contributed by atoms with Gasteiger partial charge in [-0.05, 0) is 0 Å². The van der Waals surface area contributed by atoms with Gasteiger partial charge in [-0.2, -0.15) is 0 Å². The number of aromatic nitrogens is 2. The van der Waals surface area contributed by atoms with Gasteiger partial charge < -0.3 is 14.8 Å². The summed E-state index contributed by atoms with van der Waals surface area (Å²) >= 11 is 0. The zero-order valence-corrected chi connectivity index (χ0v) is 8.69. The molecular weight excluding hydrogens is 198 g/mol. The van der Waals surface area contributed by atoms with E-state index in [4.69, 9.17) is 4.74 Å². The lowest BCUT2D eigenvalue weighted by Crippen LogP contribution is -2.10. The van der Waals surface area contributed by atoms with Crippen molar-refractivity contribution in [2.45, 2.75) is 0 Å². The molecule has 0 radical (unpaired) electrons. The van der Waals surface area contributed by atoms with E-state index in [9.17, 15) is 4.79 Å². The lowest BCUT2D eigenvalue weighted by Gasteiger charge is -2.04. The van der Waals surface area contributed by atoms with Gasteiger partial charge in [-0.25, -0.2) is 14.8 Å². The van der Waals surface area contributed by atoms with Crippen LogP contribution in [-0.4, -0.2) is 43.3 Å².